The van der Waals surface area contributed by atoms with Gasteiger partial charge in [-0.2, -0.15) is 0 Å². The van der Waals surface area contributed by atoms with Crippen LogP contribution in [-0.4, -0.2) is 90.9 Å². The molecule has 0 aromatic heterocycles. The smallest absolute Gasteiger partial charge is 0.253 e. The number of aryl methyl sites for hydroxylation is 1. The standard InChI is InChI=1S/C34H44N4O4/c1-2-19-35-22-24-36(25-23-35)32(39)10-4-3-7-26-42-30-14-11-28(12-15-30)34(41)37-20-17-29(18-21-37)38-31-9-6-5-8-27(31)13-16-33(38)40/h2,5-6,8-9,11-12,14-15,29H,1,3-4,7,10,13,16-26H2. The summed E-state index contributed by atoms with van der Waals surface area (Å²) >= 11 is 0. The summed E-state index contributed by atoms with van der Waals surface area (Å²) in [5.74, 6) is 1.22. The Hall–Kier alpha value is -3.65. The largest absolute Gasteiger partial charge is 0.494 e. The lowest BCUT2D eigenvalue weighted by atomic mass is 9.95. The van der Waals surface area contributed by atoms with Crippen molar-refractivity contribution in [3.8, 4) is 5.75 Å². The molecule has 0 radical (unpaired) electrons. The summed E-state index contributed by atoms with van der Waals surface area (Å²) in [6.07, 6.45) is 8.14. The van der Waals surface area contributed by atoms with Crippen LogP contribution in [0.3, 0.4) is 0 Å². The highest BCUT2D eigenvalue weighted by atomic mass is 16.5. The zero-order chi connectivity index (χ0) is 29.3. The number of likely N-dealkylation sites (tertiary alicyclic amines) is 1. The van der Waals surface area contributed by atoms with Gasteiger partial charge in [0, 0.05) is 75.9 Å². The van der Waals surface area contributed by atoms with Crippen LogP contribution >= 0.6 is 0 Å². The number of hydrogen-bond donors (Lipinski definition) is 0. The predicted octanol–water partition coefficient (Wildman–Crippen LogP) is 4.54. The SMILES string of the molecule is C=CCN1CCN(C(=O)CCCCCOc2ccc(C(=O)N3CCC(N4C(=O)CCc5ccccc54)CC3)cc2)CC1. The first-order valence-electron chi connectivity index (χ1n) is 15.6. The topological polar surface area (TPSA) is 73.4 Å². The van der Waals surface area contributed by atoms with Gasteiger partial charge in [-0.05, 0) is 74.4 Å². The van der Waals surface area contributed by atoms with Crippen LogP contribution in [-0.2, 0) is 16.0 Å². The Bertz CT molecular complexity index is 1230. The number of carbonyl (C=O) groups is 3. The quantitative estimate of drug-likeness (QED) is 0.292. The maximum atomic E-state index is 13.2. The molecule has 0 bridgehead atoms. The van der Waals surface area contributed by atoms with Crippen molar-refractivity contribution in [2.24, 2.45) is 0 Å². The van der Waals surface area contributed by atoms with Gasteiger partial charge in [-0.25, -0.2) is 0 Å². The number of hydrogen-bond acceptors (Lipinski definition) is 5. The number of amides is 3. The lowest BCUT2D eigenvalue weighted by molar-refractivity contribution is -0.133. The summed E-state index contributed by atoms with van der Waals surface area (Å²) in [5.41, 5.74) is 2.93. The van der Waals surface area contributed by atoms with Crippen molar-refractivity contribution in [1.82, 2.24) is 14.7 Å². The normalized spacial score (nSPS) is 18.1. The van der Waals surface area contributed by atoms with Gasteiger partial charge < -0.3 is 19.4 Å². The van der Waals surface area contributed by atoms with Crippen LogP contribution in [0.2, 0.25) is 0 Å². The Labute approximate surface area is 249 Å². The lowest BCUT2D eigenvalue weighted by Crippen LogP contribution is -2.50. The Balaban J connectivity index is 0.990. The monoisotopic (exact) mass is 572 g/mol. The Kier molecular flexibility index (Phi) is 10.3. The molecule has 2 aromatic carbocycles. The molecule has 3 heterocycles. The molecule has 3 aliphatic rings. The molecular formula is C34H44N4O4. The fourth-order valence-electron chi connectivity index (χ4n) is 6.32. The summed E-state index contributed by atoms with van der Waals surface area (Å²) in [7, 11) is 0. The molecule has 224 valence electrons. The van der Waals surface area contributed by atoms with Gasteiger partial charge in [0.25, 0.3) is 5.91 Å². The number of rotatable bonds is 11. The molecule has 0 N–H and O–H groups in total. The average molecular weight is 573 g/mol. The van der Waals surface area contributed by atoms with Crippen molar-refractivity contribution in [2.45, 2.75) is 57.4 Å². The number of benzene rings is 2. The van der Waals surface area contributed by atoms with E-state index in [0.717, 1.165) is 82.7 Å². The summed E-state index contributed by atoms with van der Waals surface area (Å²) in [5, 5.41) is 0. The highest BCUT2D eigenvalue weighted by Crippen LogP contribution is 2.32. The molecule has 5 rings (SSSR count). The maximum absolute atomic E-state index is 13.2. The van der Waals surface area contributed by atoms with E-state index in [1.807, 2.05) is 63.2 Å². The lowest BCUT2D eigenvalue weighted by Gasteiger charge is -2.41. The fourth-order valence-corrected chi connectivity index (χ4v) is 6.32. The molecule has 42 heavy (non-hydrogen) atoms. The number of para-hydroxylation sites is 1. The van der Waals surface area contributed by atoms with Crippen molar-refractivity contribution in [3.05, 3.63) is 72.3 Å². The van der Waals surface area contributed by atoms with Gasteiger partial charge in [0.1, 0.15) is 5.75 Å². The molecule has 0 spiro atoms. The molecule has 0 aliphatic carbocycles. The van der Waals surface area contributed by atoms with Crippen molar-refractivity contribution in [1.29, 1.82) is 0 Å². The minimum atomic E-state index is 0.0251. The van der Waals surface area contributed by atoms with E-state index in [2.05, 4.69) is 17.5 Å². The van der Waals surface area contributed by atoms with E-state index >= 15 is 0 Å². The van der Waals surface area contributed by atoms with Crippen LogP contribution < -0.4 is 9.64 Å². The van der Waals surface area contributed by atoms with E-state index in [0.29, 0.717) is 38.1 Å². The van der Waals surface area contributed by atoms with E-state index in [9.17, 15) is 14.4 Å². The van der Waals surface area contributed by atoms with Crippen LogP contribution in [0.1, 0.15) is 60.9 Å². The van der Waals surface area contributed by atoms with Gasteiger partial charge in [0.15, 0.2) is 0 Å². The fraction of sp³-hybridized carbons (Fsp3) is 0.500. The number of fused-ring (bicyclic) bond motifs is 1. The van der Waals surface area contributed by atoms with Crippen molar-refractivity contribution < 1.29 is 19.1 Å². The van der Waals surface area contributed by atoms with E-state index in [4.69, 9.17) is 4.74 Å². The number of nitrogens with zero attached hydrogens (tertiary/aromatic N) is 4. The molecule has 0 atom stereocenters. The number of unbranched alkanes of at least 4 members (excludes halogenated alkanes) is 2. The first kappa shape index (κ1) is 29.8. The minimum Gasteiger partial charge on any atom is -0.494 e. The first-order chi connectivity index (χ1) is 20.5. The second-order valence-corrected chi connectivity index (χ2v) is 11.6. The third kappa shape index (κ3) is 7.40. The Morgan fingerprint density at radius 1 is 0.857 bits per heavy atom. The van der Waals surface area contributed by atoms with Crippen LogP contribution in [0.5, 0.6) is 5.75 Å². The van der Waals surface area contributed by atoms with E-state index < -0.39 is 0 Å². The molecule has 3 aliphatic heterocycles. The number of ether oxygens (including phenoxy) is 1. The second-order valence-electron chi connectivity index (χ2n) is 11.6. The highest BCUT2D eigenvalue weighted by Gasteiger charge is 2.33. The van der Waals surface area contributed by atoms with E-state index in [1.165, 1.54) is 5.56 Å². The van der Waals surface area contributed by atoms with Gasteiger partial charge in [-0.1, -0.05) is 24.3 Å². The third-order valence-electron chi connectivity index (χ3n) is 8.76. The van der Waals surface area contributed by atoms with Crippen LogP contribution in [0.4, 0.5) is 5.69 Å². The van der Waals surface area contributed by atoms with E-state index in [1.54, 1.807) is 0 Å². The predicted molar refractivity (Wildman–Crippen MR) is 165 cm³/mol. The van der Waals surface area contributed by atoms with Crippen LogP contribution in [0.25, 0.3) is 0 Å². The second kappa shape index (κ2) is 14.5. The number of anilines is 1. The first-order valence-corrected chi connectivity index (χ1v) is 15.6. The maximum Gasteiger partial charge on any atom is 0.253 e. The van der Waals surface area contributed by atoms with Crippen molar-refractivity contribution in [3.63, 3.8) is 0 Å². The molecule has 0 unspecified atom stereocenters. The molecular weight excluding hydrogens is 528 g/mol. The van der Waals surface area contributed by atoms with Gasteiger partial charge in [-0.3, -0.25) is 19.3 Å². The summed E-state index contributed by atoms with van der Waals surface area (Å²) in [6, 6.07) is 15.7. The highest BCUT2D eigenvalue weighted by molar-refractivity contribution is 5.97. The number of carbonyl (C=O) groups excluding carboxylic acids is 3. The molecule has 8 heteroatoms. The van der Waals surface area contributed by atoms with Crippen LogP contribution in [0, 0.1) is 0 Å². The zero-order valence-electron chi connectivity index (χ0n) is 24.7. The molecule has 2 fully saturated rings. The number of piperidine rings is 1. The molecule has 8 nitrogen and oxygen atoms in total. The molecule has 3 amide bonds. The van der Waals surface area contributed by atoms with Gasteiger partial charge in [0.2, 0.25) is 11.8 Å². The van der Waals surface area contributed by atoms with E-state index in [-0.39, 0.29) is 23.8 Å². The third-order valence-corrected chi connectivity index (χ3v) is 8.76. The summed E-state index contributed by atoms with van der Waals surface area (Å²) in [6.45, 7) is 10.0. The van der Waals surface area contributed by atoms with Gasteiger partial charge >= 0.3 is 0 Å². The zero-order valence-corrected chi connectivity index (χ0v) is 24.7. The van der Waals surface area contributed by atoms with Crippen molar-refractivity contribution in [2.75, 3.05) is 57.3 Å². The Morgan fingerprint density at radius 3 is 2.33 bits per heavy atom. The molecule has 0 saturated carbocycles. The average Bonchev–Trinajstić information content (AvgIpc) is 3.03. The Morgan fingerprint density at radius 2 is 1.60 bits per heavy atom. The van der Waals surface area contributed by atoms with Crippen molar-refractivity contribution >= 4 is 23.4 Å². The minimum absolute atomic E-state index is 0.0251. The summed E-state index contributed by atoms with van der Waals surface area (Å²) in [4.78, 5) is 46.6. The van der Waals surface area contributed by atoms with Gasteiger partial charge in [0.05, 0.1) is 6.61 Å². The van der Waals surface area contributed by atoms with Gasteiger partial charge in [-0.15, -0.1) is 6.58 Å². The summed E-state index contributed by atoms with van der Waals surface area (Å²) < 4.78 is 5.89. The molecule has 2 saturated heterocycles. The van der Waals surface area contributed by atoms with Crippen LogP contribution in [0.15, 0.2) is 61.2 Å². The molecule has 2 aromatic rings. The number of piperazine rings is 1.